The zero-order valence-electron chi connectivity index (χ0n) is 13.9. The molecule has 4 nitrogen and oxygen atoms in total. The highest BCUT2D eigenvalue weighted by molar-refractivity contribution is 5.77. The molecule has 0 N–H and O–H groups in total. The monoisotopic (exact) mass is 348 g/mol. The summed E-state index contributed by atoms with van der Waals surface area (Å²) >= 11 is 0. The Kier molecular flexibility index (Phi) is 3.38. The van der Waals surface area contributed by atoms with E-state index in [0.717, 1.165) is 26.7 Å². The summed E-state index contributed by atoms with van der Waals surface area (Å²) in [6.07, 6.45) is -0.989. The van der Waals surface area contributed by atoms with Crippen LogP contribution in [-0.4, -0.2) is 36.7 Å². The number of ether oxygens (including phenoxy) is 3. The van der Waals surface area contributed by atoms with E-state index in [1.807, 2.05) is 0 Å². The van der Waals surface area contributed by atoms with Gasteiger partial charge in [0.2, 0.25) is 0 Å². The smallest absolute Gasteiger partial charge is 0.404 e. The summed E-state index contributed by atoms with van der Waals surface area (Å²) in [6, 6.07) is 0. The first-order valence-corrected chi connectivity index (χ1v) is 8.66. The molecular weight excluding hydrogens is 325 g/mol. The standard InChI is InChI=1S/C17H23F3O4/c1-14(2,17(18,19)20)13(21)24-15-7-10-5-11(8-15)16(12(6-10)9-15)22-3-4-23-16/h10-12H,3-9H2,1-2H3. The van der Waals surface area contributed by atoms with Crippen LogP contribution in [0.3, 0.4) is 0 Å². The fourth-order valence-corrected chi connectivity index (χ4v) is 5.34. The van der Waals surface area contributed by atoms with Crippen LogP contribution < -0.4 is 0 Å². The Morgan fingerprint density at radius 3 is 2.08 bits per heavy atom. The van der Waals surface area contributed by atoms with Gasteiger partial charge in [-0.05, 0) is 51.9 Å². The van der Waals surface area contributed by atoms with Gasteiger partial charge in [0, 0.05) is 11.8 Å². The number of halogens is 3. The van der Waals surface area contributed by atoms with Gasteiger partial charge in [-0.3, -0.25) is 4.79 Å². The first-order valence-electron chi connectivity index (χ1n) is 8.66. The van der Waals surface area contributed by atoms with Gasteiger partial charge < -0.3 is 14.2 Å². The van der Waals surface area contributed by atoms with Gasteiger partial charge in [-0.2, -0.15) is 13.2 Å². The number of hydrogen-bond donors (Lipinski definition) is 0. The molecule has 1 spiro atoms. The molecule has 0 aromatic rings. The number of carbonyl (C=O) groups excluding carboxylic acids is 1. The molecule has 4 saturated carbocycles. The molecule has 1 heterocycles. The van der Waals surface area contributed by atoms with Gasteiger partial charge >= 0.3 is 12.1 Å². The van der Waals surface area contributed by atoms with Gasteiger partial charge in [0.05, 0.1) is 13.2 Å². The van der Waals surface area contributed by atoms with Gasteiger partial charge in [-0.25, -0.2) is 0 Å². The molecule has 0 aromatic carbocycles. The maximum absolute atomic E-state index is 13.1. The van der Waals surface area contributed by atoms with Crippen LogP contribution in [-0.2, 0) is 19.0 Å². The largest absolute Gasteiger partial charge is 0.458 e. The van der Waals surface area contributed by atoms with E-state index in [1.165, 1.54) is 0 Å². The molecule has 4 aliphatic carbocycles. The van der Waals surface area contributed by atoms with Gasteiger partial charge in [0.1, 0.15) is 5.60 Å². The second-order valence-corrected chi connectivity index (χ2v) is 8.46. The lowest BCUT2D eigenvalue weighted by Gasteiger charge is -2.62. The first kappa shape index (κ1) is 16.6. The van der Waals surface area contributed by atoms with Crippen molar-refractivity contribution in [2.75, 3.05) is 13.2 Å². The molecule has 0 radical (unpaired) electrons. The Morgan fingerprint density at radius 1 is 1.04 bits per heavy atom. The molecule has 24 heavy (non-hydrogen) atoms. The summed E-state index contributed by atoms with van der Waals surface area (Å²) in [7, 11) is 0. The van der Waals surface area contributed by atoms with E-state index in [0.29, 0.717) is 38.4 Å². The van der Waals surface area contributed by atoms with Crippen molar-refractivity contribution in [2.45, 2.75) is 63.5 Å². The minimum Gasteiger partial charge on any atom is -0.458 e. The second-order valence-electron chi connectivity index (χ2n) is 8.46. The Balaban J connectivity index is 1.56. The third kappa shape index (κ3) is 2.16. The molecule has 0 aromatic heterocycles. The van der Waals surface area contributed by atoms with E-state index in [2.05, 4.69) is 0 Å². The molecule has 2 unspecified atom stereocenters. The molecule has 4 bridgehead atoms. The van der Waals surface area contributed by atoms with Gasteiger partial charge in [0.15, 0.2) is 11.2 Å². The molecule has 1 saturated heterocycles. The summed E-state index contributed by atoms with van der Waals surface area (Å²) in [5.41, 5.74) is -3.27. The average molecular weight is 348 g/mol. The predicted octanol–water partition coefficient (Wildman–Crippen LogP) is 3.44. The summed E-state index contributed by atoms with van der Waals surface area (Å²) in [5, 5.41) is 0. The summed E-state index contributed by atoms with van der Waals surface area (Å²) < 4.78 is 56.9. The minimum atomic E-state index is -4.62. The maximum atomic E-state index is 13.1. The highest BCUT2D eigenvalue weighted by atomic mass is 19.4. The zero-order valence-corrected chi connectivity index (χ0v) is 13.9. The van der Waals surface area contributed by atoms with Crippen LogP contribution in [0, 0.1) is 23.2 Å². The van der Waals surface area contributed by atoms with Crippen molar-refractivity contribution in [3.8, 4) is 0 Å². The van der Waals surface area contributed by atoms with Crippen molar-refractivity contribution in [2.24, 2.45) is 23.2 Å². The zero-order chi connectivity index (χ0) is 17.4. The Bertz CT molecular complexity index is 533. The highest BCUT2D eigenvalue weighted by Crippen LogP contribution is 2.63. The average Bonchev–Trinajstić information content (AvgIpc) is 2.93. The summed E-state index contributed by atoms with van der Waals surface area (Å²) in [6.45, 7) is 2.90. The number of rotatable bonds is 2. The maximum Gasteiger partial charge on any atom is 0.404 e. The fraction of sp³-hybridized carbons (Fsp3) is 0.941. The predicted molar refractivity (Wildman–Crippen MR) is 76.8 cm³/mol. The second kappa shape index (κ2) is 4.87. The fourth-order valence-electron chi connectivity index (χ4n) is 5.34. The topological polar surface area (TPSA) is 44.8 Å². The van der Waals surface area contributed by atoms with Gasteiger partial charge in [-0.1, -0.05) is 0 Å². The number of esters is 1. The third-order valence-corrected chi connectivity index (χ3v) is 6.54. The normalized spacial score (nSPS) is 40.3. The van der Waals surface area contributed by atoms with Crippen molar-refractivity contribution in [1.29, 1.82) is 0 Å². The lowest BCUT2D eigenvalue weighted by molar-refractivity contribution is -0.318. The van der Waals surface area contributed by atoms with Crippen LogP contribution in [0.2, 0.25) is 0 Å². The van der Waals surface area contributed by atoms with Crippen molar-refractivity contribution >= 4 is 5.97 Å². The van der Waals surface area contributed by atoms with Crippen LogP contribution in [0.1, 0.15) is 46.0 Å². The van der Waals surface area contributed by atoms with Crippen molar-refractivity contribution in [1.82, 2.24) is 0 Å². The van der Waals surface area contributed by atoms with E-state index in [9.17, 15) is 18.0 Å². The van der Waals surface area contributed by atoms with Crippen LogP contribution in [0.4, 0.5) is 13.2 Å². The Labute approximate surface area is 139 Å². The highest BCUT2D eigenvalue weighted by Gasteiger charge is 2.67. The van der Waals surface area contributed by atoms with E-state index >= 15 is 0 Å². The molecule has 5 aliphatic rings. The van der Waals surface area contributed by atoms with Crippen molar-refractivity contribution < 1.29 is 32.2 Å². The molecular formula is C17H23F3O4. The van der Waals surface area contributed by atoms with E-state index in [4.69, 9.17) is 14.2 Å². The Morgan fingerprint density at radius 2 is 1.58 bits per heavy atom. The van der Waals surface area contributed by atoms with E-state index in [-0.39, 0.29) is 11.8 Å². The lowest BCUT2D eigenvalue weighted by atomic mass is 9.51. The lowest BCUT2D eigenvalue weighted by Crippen LogP contribution is -2.65. The van der Waals surface area contributed by atoms with Crippen LogP contribution in [0.5, 0.6) is 0 Å². The molecule has 0 amide bonds. The Hall–Kier alpha value is -0.820. The van der Waals surface area contributed by atoms with Crippen molar-refractivity contribution in [3.63, 3.8) is 0 Å². The molecule has 5 fully saturated rings. The van der Waals surface area contributed by atoms with Gasteiger partial charge in [0.25, 0.3) is 0 Å². The molecule has 7 heteroatoms. The number of hydrogen-bond acceptors (Lipinski definition) is 4. The quantitative estimate of drug-likeness (QED) is 0.717. The molecule has 136 valence electrons. The first-order chi connectivity index (χ1) is 11.1. The molecule has 2 atom stereocenters. The molecule has 5 rings (SSSR count). The molecule has 1 aliphatic heterocycles. The van der Waals surface area contributed by atoms with Crippen LogP contribution in [0.25, 0.3) is 0 Å². The van der Waals surface area contributed by atoms with Gasteiger partial charge in [-0.15, -0.1) is 0 Å². The van der Waals surface area contributed by atoms with Crippen LogP contribution in [0.15, 0.2) is 0 Å². The third-order valence-electron chi connectivity index (χ3n) is 6.54. The van der Waals surface area contributed by atoms with E-state index < -0.39 is 28.9 Å². The minimum absolute atomic E-state index is 0.105. The number of alkyl halides is 3. The summed E-state index contributed by atoms with van der Waals surface area (Å²) in [4.78, 5) is 12.3. The number of carbonyl (C=O) groups is 1. The van der Waals surface area contributed by atoms with E-state index in [1.54, 1.807) is 0 Å². The van der Waals surface area contributed by atoms with Crippen molar-refractivity contribution in [3.05, 3.63) is 0 Å². The SMILES string of the molecule is CC(C)(C(=O)OC12CC3CC(C1)C1(OCCO1)C(C3)C2)C(F)(F)F. The van der Waals surface area contributed by atoms with Crippen LogP contribution >= 0.6 is 0 Å². The summed E-state index contributed by atoms with van der Waals surface area (Å²) in [5.74, 6) is -1.17.